The zero-order valence-corrected chi connectivity index (χ0v) is 9.75. The molecule has 1 rings (SSSR count). The van der Waals surface area contributed by atoms with Crippen LogP contribution in [0.2, 0.25) is 0 Å². The first-order valence-electron chi connectivity index (χ1n) is 4.80. The predicted molar refractivity (Wildman–Crippen MR) is 63.2 cm³/mol. The van der Waals surface area contributed by atoms with Crippen molar-refractivity contribution in [1.29, 1.82) is 0 Å². The second kappa shape index (κ2) is 6.12. The average molecular weight is 236 g/mol. The molecule has 0 bridgehead atoms. The van der Waals surface area contributed by atoms with Gasteiger partial charge in [0.2, 0.25) is 0 Å². The number of rotatable bonds is 4. The minimum atomic E-state index is -0.451. The molecule has 16 heavy (non-hydrogen) atoms. The predicted octanol–water partition coefficient (Wildman–Crippen LogP) is 3.02. The van der Waals surface area contributed by atoms with Gasteiger partial charge < -0.3 is 4.74 Å². The summed E-state index contributed by atoms with van der Waals surface area (Å²) in [5.74, 6) is -0.451. The van der Waals surface area contributed by atoms with Gasteiger partial charge in [-0.3, -0.25) is 4.79 Å². The highest BCUT2D eigenvalue weighted by Crippen LogP contribution is 2.20. The SMILES string of the molecule is C=COC(=O)c1ccc(SC(=O)CC)cc1. The molecule has 0 unspecified atom stereocenters. The minimum Gasteiger partial charge on any atom is -0.432 e. The summed E-state index contributed by atoms with van der Waals surface area (Å²) in [4.78, 5) is 23.2. The van der Waals surface area contributed by atoms with Gasteiger partial charge in [0.15, 0.2) is 5.12 Å². The molecule has 0 heterocycles. The molecule has 0 aliphatic carbocycles. The first kappa shape index (κ1) is 12.5. The largest absolute Gasteiger partial charge is 0.432 e. The molecule has 0 radical (unpaired) electrons. The lowest BCUT2D eigenvalue weighted by Crippen LogP contribution is -1.99. The fourth-order valence-corrected chi connectivity index (χ4v) is 1.69. The van der Waals surface area contributed by atoms with E-state index in [2.05, 4.69) is 11.3 Å². The van der Waals surface area contributed by atoms with Gasteiger partial charge in [-0.25, -0.2) is 4.79 Å². The van der Waals surface area contributed by atoms with Crippen molar-refractivity contribution in [2.24, 2.45) is 0 Å². The van der Waals surface area contributed by atoms with Gasteiger partial charge in [0.25, 0.3) is 0 Å². The molecule has 0 saturated carbocycles. The Labute approximate surface area is 98.5 Å². The fourth-order valence-electron chi connectivity index (χ4n) is 1.01. The van der Waals surface area contributed by atoms with Crippen LogP contribution in [-0.4, -0.2) is 11.1 Å². The molecule has 0 aliphatic heterocycles. The van der Waals surface area contributed by atoms with E-state index in [1.807, 2.05) is 6.92 Å². The summed E-state index contributed by atoms with van der Waals surface area (Å²) in [6.07, 6.45) is 1.58. The molecule has 0 amide bonds. The van der Waals surface area contributed by atoms with E-state index in [4.69, 9.17) is 0 Å². The molecule has 0 saturated heterocycles. The zero-order chi connectivity index (χ0) is 12.0. The van der Waals surface area contributed by atoms with Gasteiger partial charge in [-0.1, -0.05) is 25.3 Å². The lowest BCUT2D eigenvalue weighted by molar-refractivity contribution is -0.110. The molecule has 0 spiro atoms. The third kappa shape index (κ3) is 3.55. The molecule has 0 N–H and O–H groups in total. The molecule has 1 aromatic carbocycles. The summed E-state index contributed by atoms with van der Waals surface area (Å²) in [6.45, 7) is 5.11. The van der Waals surface area contributed by atoms with Crippen molar-refractivity contribution in [3.8, 4) is 0 Å². The Morgan fingerprint density at radius 1 is 1.38 bits per heavy atom. The second-order valence-electron chi connectivity index (χ2n) is 2.92. The maximum atomic E-state index is 11.3. The number of carbonyl (C=O) groups is 2. The van der Waals surface area contributed by atoms with E-state index in [1.54, 1.807) is 24.3 Å². The molecule has 1 aromatic rings. The van der Waals surface area contributed by atoms with Crippen LogP contribution in [0.5, 0.6) is 0 Å². The van der Waals surface area contributed by atoms with Crippen LogP contribution >= 0.6 is 11.8 Å². The van der Waals surface area contributed by atoms with Crippen LogP contribution in [0, 0.1) is 0 Å². The van der Waals surface area contributed by atoms with Gasteiger partial charge in [-0.05, 0) is 24.3 Å². The lowest BCUT2D eigenvalue weighted by Gasteiger charge is -2.01. The van der Waals surface area contributed by atoms with E-state index in [1.165, 1.54) is 11.8 Å². The molecule has 84 valence electrons. The van der Waals surface area contributed by atoms with Crippen molar-refractivity contribution in [2.45, 2.75) is 18.2 Å². The van der Waals surface area contributed by atoms with Crippen LogP contribution in [0.4, 0.5) is 0 Å². The summed E-state index contributed by atoms with van der Waals surface area (Å²) in [7, 11) is 0. The summed E-state index contributed by atoms with van der Waals surface area (Å²) in [5, 5.41) is 0.0985. The van der Waals surface area contributed by atoms with Gasteiger partial charge in [0.05, 0.1) is 11.8 Å². The topological polar surface area (TPSA) is 43.4 Å². The Bertz CT molecular complexity index is 395. The maximum absolute atomic E-state index is 11.3. The van der Waals surface area contributed by atoms with Crippen LogP contribution in [0.25, 0.3) is 0 Å². The number of benzene rings is 1. The van der Waals surface area contributed by atoms with Crippen LogP contribution in [0.1, 0.15) is 23.7 Å². The molecule has 4 heteroatoms. The summed E-state index contributed by atoms with van der Waals surface area (Å²) in [6, 6.07) is 6.68. The van der Waals surface area contributed by atoms with Gasteiger partial charge in [-0.2, -0.15) is 0 Å². The summed E-state index contributed by atoms with van der Waals surface area (Å²) in [5.41, 5.74) is 0.438. The number of thioether (sulfide) groups is 1. The molecular weight excluding hydrogens is 224 g/mol. The molecule has 0 atom stereocenters. The fraction of sp³-hybridized carbons (Fsp3) is 0.167. The Kier molecular flexibility index (Phi) is 4.79. The van der Waals surface area contributed by atoms with E-state index in [0.29, 0.717) is 12.0 Å². The lowest BCUT2D eigenvalue weighted by atomic mass is 10.2. The van der Waals surface area contributed by atoms with Gasteiger partial charge >= 0.3 is 5.97 Å². The van der Waals surface area contributed by atoms with Crippen LogP contribution in [0.15, 0.2) is 42.0 Å². The molecule has 0 aliphatic rings. The Hall–Kier alpha value is -1.55. The summed E-state index contributed by atoms with van der Waals surface area (Å²) < 4.78 is 4.62. The van der Waals surface area contributed by atoms with Crippen LogP contribution in [-0.2, 0) is 9.53 Å². The highest BCUT2D eigenvalue weighted by Gasteiger charge is 2.06. The molecular formula is C12H12O3S. The third-order valence-electron chi connectivity index (χ3n) is 1.80. The number of hydrogen-bond acceptors (Lipinski definition) is 4. The molecule has 3 nitrogen and oxygen atoms in total. The Balaban J connectivity index is 2.71. The number of carbonyl (C=O) groups excluding carboxylic acids is 2. The van der Waals surface area contributed by atoms with E-state index < -0.39 is 5.97 Å². The normalized spacial score (nSPS) is 9.56. The van der Waals surface area contributed by atoms with E-state index in [-0.39, 0.29) is 5.12 Å². The number of hydrogen-bond donors (Lipinski definition) is 0. The number of esters is 1. The molecule has 0 aromatic heterocycles. The Morgan fingerprint density at radius 2 is 2.00 bits per heavy atom. The monoisotopic (exact) mass is 236 g/mol. The zero-order valence-electron chi connectivity index (χ0n) is 8.93. The van der Waals surface area contributed by atoms with Crippen molar-refractivity contribution in [3.05, 3.63) is 42.7 Å². The second-order valence-corrected chi connectivity index (χ2v) is 4.05. The maximum Gasteiger partial charge on any atom is 0.342 e. The molecule has 0 fully saturated rings. The van der Waals surface area contributed by atoms with Crippen molar-refractivity contribution in [2.75, 3.05) is 0 Å². The highest BCUT2D eigenvalue weighted by molar-refractivity contribution is 8.13. The minimum absolute atomic E-state index is 0.0985. The van der Waals surface area contributed by atoms with Crippen LogP contribution < -0.4 is 0 Å². The van der Waals surface area contributed by atoms with Gasteiger partial charge in [0.1, 0.15) is 0 Å². The van der Waals surface area contributed by atoms with Crippen molar-refractivity contribution >= 4 is 22.8 Å². The first-order valence-corrected chi connectivity index (χ1v) is 5.61. The van der Waals surface area contributed by atoms with Crippen molar-refractivity contribution in [3.63, 3.8) is 0 Å². The average Bonchev–Trinajstić information content (AvgIpc) is 2.30. The van der Waals surface area contributed by atoms with Crippen molar-refractivity contribution in [1.82, 2.24) is 0 Å². The third-order valence-corrected chi connectivity index (χ3v) is 2.82. The first-order chi connectivity index (χ1) is 7.67. The summed E-state index contributed by atoms with van der Waals surface area (Å²) >= 11 is 1.17. The van der Waals surface area contributed by atoms with E-state index in [9.17, 15) is 9.59 Å². The van der Waals surface area contributed by atoms with Gasteiger partial charge in [-0.15, -0.1) is 0 Å². The highest BCUT2D eigenvalue weighted by atomic mass is 32.2. The number of ether oxygens (including phenoxy) is 1. The van der Waals surface area contributed by atoms with Gasteiger partial charge in [0, 0.05) is 11.3 Å². The standard InChI is InChI=1S/C12H12O3S/c1-3-11(13)16-10-7-5-9(6-8-10)12(14)15-4-2/h4-8H,2-3H2,1H3. The van der Waals surface area contributed by atoms with Crippen molar-refractivity contribution < 1.29 is 14.3 Å². The Morgan fingerprint density at radius 3 is 2.50 bits per heavy atom. The quantitative estimate of drug-likeness (QED) is 0.458. The van der Waals surface area contributed by atoms with Crippen LogP contribution in [0.3, 0.4) is 0 Å². The van der Waals surface area contributed by atoms with E-state index >= 15 is 0 Å². The smallest absolute Gasteiger partial charge is 0.342 e. The van der Waals surface area contributed by atoms with E-state index in [0.717, 1.165) is 11.2 Å².